The van der Waals surface area contributed by atoms with E-state index >= 15 is 0 Å². The van der Waals surface area contributed by atoms with Crippen molar-refractivity contribution in [2.75, 3.05) is 13.1 Å². The van der Waals surface area contributed by atoms with E-state index in [-0.39, 0.29) is 23.8 Å². The molecule has 2 unspecified atom stereocenters. The van der Waals surface area contributed by atoms with E-state index in [0.717, 1.165) is 19.5 Å². The third kappa shape index (κ3) is 1.35. The van der Waals surface area contributed by atoms with Gasteiger partial charge in [-0.1, -0.05) is 6.92 Å². The average molecular weight is 182 g/mol. The number of likely N-dealkylation sites (tertiary alicyclic amines) is 1. The minimum Gasteiger partial charge on any atom is -0.315 e. The Labute approximate surface area is 77.3 Å². The van der Waals surface area contributed by atoms with Crippen molar-refractivity contribution in [1.29, 1.82) is 0 Å². The van der Waals surface area contributed by atoms with Crippen LogP contribution in [0, 0.1) is 5.92 Å². The largest absolute Gasteiger partial charge is 0.315 e. The molecule has 0 aromatic carbocycles. The van der Waals surface area contributed by atoms with Crippen molar-refractivity contribution in [3.05, 3.63) is 0 Å². The van der Waals surface area contributed by atoms with E-state index in [9.17, 15) is 9.59 Å². The van der Waals surface area contributed by atoms with Gasteiger partial charge in [0.2, 0.25) is 11.8 Å². The van der Waals surface area contributed by atoms with Crippen LogP contribution in [-0.4, -0.2) is 35.8 Å². The van der Waals surface area contributed by atoms with E-state index in [2.05, 4.69) is 5.32 Å². The number of amides is 2. The molecular weight excluding hydrogens is 168 g/mol. The zero-order valence-corrected chi connectivity index (χ0v) is 7.75. The predicted molar refractivity (Wildman–Crippen MR) is 46.9 cm³/mol. The van der Waals surface area contributed by atoms with Gasteiger partial charge in [-0.05, 0) is 13.0 Å². The van der Waals surface area contributed by atoms with Gasteiger partial charge in [-0.25, -0.2) is 0 Å². The van der Waals surface area contributed by atoms with Gasteiger partial charge in [-0.15, -0.1) is 0 Å². The van der Waals surface area contributed by atoms with Crippen LogP contribution in [0.1, 0.15) is 19.8 Å². The minimum atomic E-state index is -0.104. The first-order valence-corrected chi connectivity index (χ1v) is 4.77. The zero-order valence-electron chi connectivity index (χ0n) is 7.75. The number of hydrogen-bond acceptors (Lipinski definition) is 3. The number of rotatable bonds is 1. The van der Waals surface area contributed by atoms with Crippen LogP contribution < -0.4 is 5.32 Å². The lowest BCUT2D eigenvalue weighted by Crippen LogP contribution is -2.41. The van der Waals surface area contributed by atoms with Crippen molar-refractivity contribution >= 4 is 11.8 Å². The Kier molecular flexibility index (Phi) is 2.07. The Morgan fingerprint density at radius 2 is 2.23 bits per heavy atom. The van der Waals surface area contributed by atoms with Gasteiger partial charge < -0.3 is 5.32 Å². The molecule has 1 N–H and O–H groups in total. The summed E-state index contributed by atoms with van der Waals surface area (Å²) >= 11 is 0. The van der Waals surface area contributed by atoms with Gasteiger partial charge in [-0.2, -0.15) is 0 Å². The van der Waals surface area contributed by atoms with Crippen molar-refractivity contribution < 1.29 is 9.59 Å². The van der Waals surface area contributed by atoms with Crippen LogP contribution >= 0.6 is 0 Å². The molecule has 2 rings (SSSR count). The van der Waals surface area contributed by atoms with Gasteiger partial charge in [0.1, 0.15) is 0 Å². The number of hydrogen-bond donors (Lipinski definition) is 1. The first kappa shape index (κ1) is 8.69. The molecule has 0 aliphatic carbocycles. The Bertz CT molecular complexity index is 246. The highest BCUT2D eigenvalue weighted by Crippen LogP contribution is 2.23. The van der Waals surface area contributed by atoms with Gasteiger partial charge in [-0.3, -0.25) is 14.5 Å². The summed E-state index contributed by atoms with van der Waals surface area (Å²) in [4.78, 5) is 24.5. The highest BCUT2D eigenvalue weighted by atomic mass is 16.2. The number of nitrogens with one attached hydrogen (secondary N) is 1. The van der Waals surface area contributed by atoms with Crippen molar-refractivity contribution in [1.82, 2.24) is 10.2 Å². The van der Waals surface area contributed by atoms with Crippen LogP contribution in [0.15, 0.2) is 0 Å². The highest BCUT2D eigenvalue weighted by molar-refractivity contribution is 6.03. The normalized spacial score (nSPS) is 34.7. The van der Waals surface area contributed by atoms with Gasteiger partial charge in [0.25, 0.3) is 0 Å². The summed E-state index contributed by atoms with van der Waals surface area (Å²) in [6, 6.07) is 0.116. The molecule has 2 aliphatic heterocycles. The molecule has 4 heteroatoms. The molecular formula is C9H14N2O2. The first-order valence-electron chi connectivity index (χ1n) is 4.77. The maximum Gasteiger partial charge on any atom is 0.232 e. The Morgan fingerprint density at radius 3 is 2.69 bits per heavy atom. The van der Waals surface area contributed by atoms with Crippen LogP contribution in [0.4, 0.5) is 0 Å². The summed E-state index contributed by atoms with van der Waals surface area (Å²) in [5.74, 6) is -0.0852. The van der Waals surface area contributed by atoms with Crippen molar-refractivity contribution in [2.45, 2.75) is 25.8 Å². The minimum absolute atomic E-state index is 0.00574. The van der Waals surface area contributed by atoms with Gasteiger partial charge >= 0.3 is 0 Å². The van der Waals surface area contributed by atoms with E-state index in [1.807, 2.05) is 6.92 Å². The molecule has 72 valence electrons. The number of carbonyl (C=O) groups excluding carboxylic acids is 2. The van der Waals surface area contributed by atoms with Crippen LogP contribution in [0.25, 0.3) is 0 Å². The molecule has 0 saturated carbocycles. The second-order valence-corrected chi connectivity index (χ2v) is 3.85. The van der Waals surface area contributed by atoms with Gasteiger partial charge in [0.05, 0.1) is 6.04 Å². The number of carbonyl (C=O) groups is 2. The Hall–Kier alpha value is -0.900. The fourth-order valence-electron chi connectivity index (χ4n) is 2.05. The monoisotopic (exact) mass is 182 g/mol. The standard InChI is InChI=1S/C9H14N2O2/c1-6-4-8(12)11(9(6)13)7-2-3-10-5-7/h6-7,10H,2-5H2,1H3. The molecule has 13 heavy (non-hydrogen) atoms. The van der Waals surface area contributed by atoms with E-state index < -0.39 is 0 Å². The van der Waals surface area contributed by atoms with E-state index in [4.69, 9.17) is 0 Å². The smallest absolute Gasteiger partial charge is 0.232 e. The summed E-state index contributed by atoms with van der Waals surface area (Å²) in [5.41, 5.74) is 0. The summed E-state index contributed by atoms with van der Waals surface area (Å²) in [6.45, 7) is 3.50. The van der Waals surface area contributed by atoms with Crippen LogP contribution in [0.5, 0.6) is 0 Å². The summed E-state index contributed by atoms with van der Waals surface area (Å²) < 4.78 is 0. The maximum atomic E-state index is 11.6. The van der Waals surface area contributed by atoms with Crippen molar-refractivity contribution in [3.63, 3.8) is 0 Å². The third-order valence-electron chi connectivity index (χ3n) is 2.81. The lowest BCUT2D eigenvalue weighted by atomic mass is 10.1. The third-order valence-corrected chi connectivity index (χ3v) is 2.81. The lowest BCUT2D eigenvalue weighted by Gasteiger charge is -2.20. The van der Waals surface area contributed by atoms with Gasteiger partial charge in [0, 0.05) is 18.9 Å². The highest BCUT2D eigenvalue weighted by Gasteiger charge is 2.40. The van der Waals surface area contributed by atoms with E-state index in [0.29, 0.717) is 6.42 Å². The SMILES string of the molecule is CC1CC(=O)N(C2CCNC2)C1=O. The molecule has 0 bridgehead atoms. The zero-order chi connectivity index (χ0) is 9.42. The molecule has 2 saturated heterocycles. The Morgan fingerprint density at radius 1 is 1.46 bits per heavy atom. The molecule has 2 atom stereocenters. The van der Waals surface area contributed by atoms with E-state index in [1.54, 1.807) is 0 Å². The first-order chi connectivity index (χ1) is 6.20. The van der Waals surface area contributed by atoms with Crippen LogP contribution in [0.3, 0.4) is 0 Å². The van der Waals surface area contributed by atoms with Crippen LogP contribution in [0.2, 0.25) is 0 Å². The summed E-state index contributed by atoms with van der Waals surface area (Å²) in [7, 11) is 0. The van der Waals surface area contributed by atoms with Crippen molar-refractivity contribution in [2.24, 2.45) is 5.92 Å². The Balaban J connectivity index is 2.13. The van der Waals surface area contributed by atoms with Crippen molar-refractivity contribution in [3.8, 4) is 0 Å². The molecule has 0 spiro atoms. The van der Waals surface area contributed by atoms with E-state index in [1.165, 1.54) is 4.90 Å². The van der Waals surface area contributed by atoms with Crippen LogP contribution in [-0.2, 0) is 9.59 Å². The number of imide groups is 1. The topological polar surface area (TPSA) is 49.4 Å². The fourth-order valence-corrected chi connectivity index (χ4v) is 2.05. The number of nitrogens with zero attached hydrogens (tertiary/aromatic N) is 1. The van der Waals surface area contributed by atoms with Gasteiger partial charge in [0.15, 0.2) is 0 Å². The second-order valence-electron chi connectivity index (χ2n) is 3.85. The average Bonchev–Trinajstić information content (AvgIpc) is 2.63. The fraction of sp³-hybridized carbons (Fsp3) is 0.778. The molecule has 2 amide bonds. The second kappa shape index (κ2) is 3.10. The summed E-state index contributed by atoms with van der Waals surface area (Å²) in [6.07, 6.45) is 1.31. The molecule has 2 aliphatic rings. The maximum absolute atomic E-state index is 11.6. The molecule has 0 radical (unpaired) electrons. The lowest BCUT2D eigenvalue weighted by molar-refractivity contribution is -0.141. The molecule has 4 nitrogen and oxygen atoms in total. The predicted octanol–water partition coefficient (Wildman–Crippen LogP) is -0.257. The summed E-state index contributed by atoms with van der Waals surface area (Å²) in [5, 5.41) is 3.16. The molecule has 2 fully saturated rings. The quantitative estimate of drug-likeness (QED) is 0.568. The molecule has 0 aromatic rings. The molecule has 0 aromatic heterocycles. The molecule has 2 heterocycles.